The van der Waals surface area contributed by atoms with Crippen molar-refractivity contribution in [1.29, 1.82) is 0 Å². The largest absolute Gasteiger partial charge is 0.476 e. The molecule has 0 amide bonds. The lowest BCUT2D eigenvalue weighted by atomic mass is 10.0. The summed E-state index contributed by atoms with van der Waals surface area (Å²) in [5.74, 6) is -0.377. The molecule has 0 aliphatic rings. The summed E-state index contributed by atoms with van der Waals surface area (Å²) in [5, 5.41) is 0.873. The third-order valence-corrected chi connectivity index (χ3v) is 4.96. The zero-order valence-corrected chi connectivity index (χ0v) is 18.5. The molecule has 0 N–H and O–H groups in total. The molecular formula is C25H27NO5. The molecule has 31 heavy (non-hydrogen) atoms. The van der Waals surface area contributed by atoms with Crippen LogP contribution < -0.4 is 4.74 Å². The zero-order valence-electron chi connectivity index (χ0n) is 18.5. The Balaban J connectivity index is 2.00. The number of rotatable bonds is 7. The molecule has 0 aliphatic carbocycles. The van der Waals surface area contributed by atoms with Crippen LogP contribution >= 0.6 is 0 Å². The van der Waals surface area contributed by atoms with Crippen LogP contribution in [0.3, 0.4) is 0 Å². The molecule has 0 saturated carbocycles. The molecule has 0 unspecified atom stereocenters. The minimum atomic E-state index is -1.12. The molecule has 3 aromatic rings. The summed E-state index contributed by atoms with van der Waals surface area (Å²) >= 11 is 0. The van der Waals surface area contributed by atoms with E-state index in [1.165, 1.54) is 12.7 Å². The quantitative estimate of drug-likeness (QED) is 0.502. The van der Waals surface area contributed by atoms with Crippen molar-refractivity contribution in [2.75, 3.05) is 13.7 Å². The summed E-state index contributed by atoms with van der Waals surface area (Å²) in [7, 11) is 1.35. The van der Waals surface area contributed by atoms with E-state index in [4.69, 9.17) is 19.2 Å². The Morgan fingerprint density at radius 3 is 2.32 bits per heavy atom. The van der Waals surface area contributed by atoms with E-state index in [0.29, 0.717) is 17.0 Å². The first kappa shape index (κ1) is 22.3. The van der Waals surface area contributed by atoms with Crippen LogP contribution in [0.5, 0.6) is 5.75 Å². The topological polar surface area (TPSA) is 74.7 Å². The van der Waals surface area contributed by atoms with E-state index in [1.54, 1.807) is 51.1 Å². The molecule has 6 heteroatoms. The van der Waals surface area contributed by atoms with Gasteiger partial charge in [-0.2, -0.15) is 0 Å². The first-order valence-corrected chi connectivity index (χ1v) is 10.3. The van der Waals surface area contributed by atoms with Gasteiger partial charge in [0.15, 0.2) is 5.60 Å². The number of fused-ring (bicyclic) bond motifs is 1. The van der Waals surface area contributed by atoms with E-state index in [9.17, 15) is 9.59 Å². The van der Waals surface area contributed by atoms with Gasteiger partial charge in [-0.05, 0) is 69.2 Å². The minimum Gasteiger partial charge on any atom is -0.476 e. The van der Waals surface area contributed by atoms with Crippen LogP contribution in [0.1, 0.15) is 43.6 Å². The first-order chi connectivity index (χ1) is 14.8. The molecule has 3 rings (SSSR count). The number of esters is 2. The van der Waals surface area contributed by atoms with E-state index in [1.807, 2.05) is 18.2 Å². The Morgan fingerprint density at radius 2 is 1.71 bits per heavy atom. The van der Waals surface area contributed by atoms with Gasteiger partial charge in [0, 0.05) is 10.9 Å². The Bertz CT molecular complexity index is 1100. The molecule has 162 valence electrons. The second-order valence-electron chi connectivity index (χ2n) is 7.61. The second kappa shape index (κ2) is 9.16. The van der Waals surface area contributed by atoms with Crippen molar-refractivity contribution < 1.29 is 23.8 Å². The van der Waals surface area contributed by atoms with Gasteiger partial charge >= 0.3 is 11.9 Å². The summed E-state index contributed by atoms with van der Waals surface area (Å²) in [4.78, 5) is 29.3. The van der Waals surface area contributed by atoms with Crippen LogP contribution in [0.4, 0.5) is 0 Å². The number of ether oxygens (including phenoxy) is 3. The molecule has 0 spiro atoms. The molecule has 6 nitrogen and oxygen atoms in total. The number of nitrogens with zero attached hydrogens (tertiary/aromatic N) is 1. The average Bonchev–Trinajstić information content (AvgIpc) is 2.77. The van der Waals surface area contributed by atoms with Crippen LogP contribution in [0, 0.1) is 0 Å². The highest BCUT2D eigenvalue weighted by molar-refractivity contribution is 6.00. The minimum absolute atomic E-state index is 0.286. The number of pyridine rings is 1. The molecule has 0 bridgehead atoms. The van der Waals surface area contributed by atoms with Crippen LogP contribution in [0.15, 0.2) is 48.5 Å². The predicted octanol–water partition coefficient (Wildman–Crippen LogP) is 4.97. The number of methoxy groups -OCH3 is 1. The number of aromatic nitrogens is 1. The Kier molecular flexibility index (Phi) is 6.59. The number of benzene rings is 2. The number of hydrogen-bond donors (Lipinski definition) is 0. The first-order valence-electron chi connectivity index (χ1n) is 10.3. The maximum atomic E-state index is 12.4. The lowest BCUT2D eigenvalue weighted by molar-refractivity contribution is -0.158. The average molecular weight is 421 g/mol. The van der Waals surface area contributed by atoms with Crippen molar-refractivity contribution in [3.63, 3.8) is 0 Å². The summed E-state index contributed by atoms with van der Waals surface area (Å²) in [6.07, 6.45) is 0.897. The molecule has 0 saturated heterocycles. The highest BCUT2D eigenvalue weighted by Gasteiger charge is 2.31. The third kappa shape index (κ3) is 4.85. The van der Waals surface area contributed by atoms with Gasteiger partial charge in [-0.1, -0.05) is 19.1 Å². The monoisotopic (exact) mass is 421 g/mol. The molecule has 1 aromatic heterocycles. The molecule has 0 fully saturated rings. The predicted molar refractivity (Wildman–Crippen MR) is 119 cm³/mol. The summed E-state index contributed by atoms with van der Waals surface area (Å²) < 4.78 is 15.9. The Labute approximate surface area is 182 Å². The Hall–Kier alpha value is -3.41. The normalized spacial score (nSPS) is 11.3. The van der Waals surface area contributed by atoms with Gasteiger partial charge in [-0.15, -0.1) is 0 Å². The zero-order chi connectivity index (χ0) is 22.6. The van der Waals surface area contributed by atoms with E-state index in [-0.39, 0.29) is 6.61 Å². The summed E-state index contributed by atoms with van der Waals surface area (Å²) in [6.45, 7) is 7.44. The highest BCUT2D eigenvalue weighted by atomic mass is 16.6. The number of carbonyl (C=O) groups is 2. The van der Waals surface area contributed by atoms with Crippen LogP contribution in [0.25, 0.3) is 22.2 Å². The van der Waals surface area contributed by atoms with E-state index >= 15 is 0 Å². The molecule has 0 radical (unpaired) electrons. The van der Waals surface area contributed by atoms with Gasteiger partial charge in [0.2, 0.25) is 0 Å². The summed E-state index contributed by atoms with van der Waals surface area (Å²) in [5.41, 5.74) is 2.52. The lowest BCUT2D eigenvalue weighted by Crippen LogP contribution is -2.39. The fourth-order valence-electron chi connectivity index (χ4n) is 3.24. The van der Waals surface area contributed by atoms with E-state index in [2.05, 4.69) is 6.92 Å². The maximum Gasteiger partial charge on any atom is 0.349 e. The fourth-order valence-corrected chi connectivity index (χ4v) is 3.24. The molecule has 1 heterocycles. The highest BCUT2D eigenvalue weighted by Crippen LogP contribution is 2.29. The van der Waals surface area contributed by atoms with Crippen molar-refractivity contribution in [3.8, 4) is 17.0 Å². The number of hydrogen-bond acceptors (Lipinski definition) is 6. The molecule has 0 aliphatic heterocycles. The smallest absolute Gasteiger partial charge is 0.349 e. The Morgan fingerprint density at radius 1 is 1.00 bits per heavy atom. The summed E-state index contributed by atoms with van der Waals surface area (Å²) in [6, 6.07) is 14.9. The molecule has 0 atom stereocenters. The van der Waals surface area contributed by atoms with Gasteiger partial charge in [0.1, 0.15) is 5.75 Å². The number of carbonyl (C=O) groups excluding carboxylic acids is 2. The molecular weight excluding hydrogens is 394 g/mol. The van der Waals surface area contributed by atoms with E-state index < -0.39 is 17.5 Å². The van der Waals surface area contributed by atoms with Gasteiger partial charge in [0.25, 0.3) is 0 Å². The van der Waals surface area contributed by atoms with Crippen molar-refractivity contribution in [2.24, 2.45) is 0 Å². The third-order valence-electron chi connectivity index (χ3n) is 4.96. The van der Waals surface area contributed by atoms with Crippen LogP contribution in [-0.2, 0) is 20.7 Å². The SMILES string of the molecule is CCOC(=O)C(C)(C)Oc1ccc(-c2nc3cc(CC)ccc3cc2C(=O)OC)cc1. The van der Waals surface area contributed by atoms with Gasteiger partial charge in [-0.25, -0.2) is 14.6 Å². The van der Waals surface area contributed by atoms with Crippen molar-refractivity contribution in [2.45, 2.75) is 39.7 Å². The van der Waals surface area contributed by atoms with E-state index in [0.717, 1.165) is 22.9 Å². The standard InChI is InChI=1S/C25H27NO5/c1-6-16-8-9-18-15-20(23(27)29-5)22(26-21(18)14-16)17-10-12-19(13-11-17)31-25(3,4)24(28)30-7-2/h8-15H,6-7H2,1-5H3. The molecule has 2 aromatic carbocycles. The fraction of sp³-hybridized carbons (Fsp3) is 0.320. The maximum absolute atomic E-state index is 12.4. The van der Waals surface area contributed by atoms with Crippen LogP contribution in [0.2, 0.25) is 0 Å². The number of aryl methyl sites for hydroxylation is 1. The second-order valence-corrected chi connectivity index (χ2v) is 7.61. The van der Waals surface area contributed by atoms with Crippen molar-refractivity contribution in [3.05, 3.63) is 59.7 Å². The lowest BCUT2D eigenvalue weighted by Gasteiger charge is -2.24. The van der Waals surface area contributed by atoms with Gasteiger partial charge in [0.05, 0.1) is 30.5 Å². The van der Waals surface area contributed by atoms with Crippen molar-refractivity contribution in [1.82, 2.24) is 4.98 Å². The van der Waals surface area contributed by atoms with Crippen LogP contribution in [-0.4, -0.2) is 36.2 Å². The van der Waals surface area contributed by atoms with Gasteiger partial charge in [-0.3, -0.25) is 0 Å². The van der Waals surface area contributed by atoms with Gasteiger partial charge < -0.3 is 14.2 Å². The van der Waals surface area contributed by atoms with Crippen molar-refractivity contribution >= 4 is 22.8 Å².